The molecule has 1 aromatic carbocycles. The number of halogens is 1. The Bertz CT molecular complexity index is 533. The molecule has 1 unspecified atom stereocenters. The van der Waals surface area contributed by atoms with Crippen molar-refractivity contribution in [1.29, 1.82) is 0 Å². The van der Waals surface area contributed by atoms with Gasteiger partial charge in [0.15, 0.2) is 0 Å². The number of anilines is 1. The van der Waals surface area contributed by atoms with Crippen molar-refractivity contribution in [1.82, 2.24) is 10.2 Å². The van der Waals surface area contributed by atoms with Crippen LogP contribution >= 0.6 is 0 Å². The molecule has 1 N–H and O–H groups in total. The van der Waals surface area contributed by atoms with E-state index in [0.29, 0.717) is 6.04 Å². The second kappa shape index (κ2) is 6.78. The first-order valence-corrected chi connectivity index (χ1v) is 9.28. The molecule has 4 heteroatoms. The number of benzene rings is 1. The zero-order chi connectivity index (χ0) is 15.6. The maximum absolute atomic E-state index is 13.4. The standard InChI is InChI=1S/C19H28FN3/c20-17-3-4-19-16(12-17)5-11-23(19)18-6-9-22(10-7-18)14-15-2-1-8-21-13-15/h3-4,12,15,18,21H,1-2,5-11,13-14H2. The monoisotopic (exact) mass is 317 g/mol. The smallest absolute Gasteiger partial charge is 0.123 e. The molecule has 2 fully saturated rings. The van der Waals surface area contributed by atoms with Gasteiger partial charge in [0.1, 0.15) is 5.82 Å². The van der Waals surface area contributed by atoms with Crippen molar-refractivity contribution in [3.63, 3.8) is 0 Å². The highest BCUT2D eigenvalue weighted by Crippen LogP contribution is 2.33. The van der Waals surface area contributed by atoms with Crippen LogP contribution in [0.1, 0.15) is 31.2 Å². The fraction of sp³-hybridized carbons (Fsp3) is 0.684. The van der Waals surface area contributed by atoms with Gasteiger partial charge in [-0.3, -0.25) is 0 Å². The van der Waals surface area contributed by atoms with E-state index < -0.39 is 0 Å². The van der Waals surface area contributed by atoms with Crippen molar-refractivity contribution in [2.24, 2.45) is 5.92 Å². The topological polar surface area (TPSA) is 18.5 Å². The zero-order valence-electron chi connectivity index (χ0n) is 13.9. The Hall–Kier alpha value is -1.13. The van der Waals surface area contributed by atoms with Crippen LogP contribution in [0.15, 0.2) is 18.2 Å². The summed E-state index contributed by atoms with van der Waals surface area (Å²) in [6.45, 7) is 7.17. The minimum absolute atomic E-state index is 0.0958. The summed E-state index contributed by atoms with van der Waals surface area (Å²) in [6, 6.07) is 5.96. The highest BCUT2D eigenvalue weighted by molar-refractivity contribution is 5.58. The van der Waals surface area contributed by atoms with Gasteiger partial charge >= 0.3 is 0 Å². The Labute approximate surface area is 138 Å². The van der Waals surface area contributed by atoms with E-state index >= 15 is 0 Å². The lowest BCUT2D eigenvalue weighted by Gasteiger charge is -2.39. The normalized spacial score (nSPS) is 26.5. The number of nitrogens with one attached hydrogen (secondary N) is 1. The van der Waals surface area contributed by atoms with Crippen molar-refractivity contribution in [2.45, 2.75) is 38.1 Å². The van der Waals surface area contributed by atoms with Crippen LogP contribution in [0, 0.1) is 11.7 Å². The average molecular weight is 317 g/mol. The summed E-state index contributed by atoms with van der Waals surface area (Å²) in [4.78, 5) is 5.20. The number of hydrogen-bond donors (Lipinski definition) is 1. The maximum atomic E-state index is 13.4. The second-order valence-corrected chi connectivity index (χ2v) is 7.46. The lowest BCUT2D eigenvalue weighted by molar-refractivity contribution is 0.168. The van der Waals surface area contributed by atoms with Gasteiger partial charge in [0.2, 0.25) is 0 Å². The molecule has 0 saturated carbocycles. The van der Waals surface area contributed by atoms with Gasteiger partial charge in [0.05, 0.1) is 0 Å². The molecule has 3 aliphatic rings. The van der Waals surface area contributed by atoms with Gasteiger partial charge in [-0.25, -0.2) is 4.39 Å². The third-order valence-electron chi connectivity index (χ3n) is 5.89. The quantitative estimate of drug-likeness (QED) is 0.925. The Balaban J connectivity index is 1.32. The van der Waals surface area contributed by atoms with E-state index in [1.165, 1.54) is 69.7 Å². The highest BCUT2D eigenvalue weighted by Gasteiger charge is 2.30. The fourth-order valence-corrected chi connectivity index (χ4v) is 4.63. The minimum Gasteiger partial charge on any atom is -0.368 e. The van der Waals surface area contributed by atoms with Gasteiger partial charge in [-0.15, -0.1) is 0 Å². The summed E-state index contributed by atoms with van der Waals surface area (Å²) in [6.07, 6.45) is 6.22. The van der Waals surface area contributed by atoms with Crippen molar-refractivity contribution in [3.05, 3.63) is 29.6 Å². The Morgan fingerprint density at radius 1 is 1.13 bits per heavy atom. The molecule has 0 aliphatic carbocycles. The predicted molar refractivity (Wildman–Crippen MR) is 92.5 cm³/mol. The fourth-order valence-electron chi connectivity index (χ4n) is 4.63. The molecule has 1 aromatic rings. The van der Waals surface area contributed by atoms with Gasteiger partial charge < -0.3 is 15.1 Å². The van der Waals surface area contributed by atoms with Crippen molar-refractivity contribution < 1.29 is 4.39 Å². The largest absolute Gasteiger partial charge is 0.368 e. The zero-order valence-corrected chi connectivity index (χ0v) is 13.9. The summed E-state index contributed by atoms with van der Waals surface area (Å²) >= 11 is 0. The molecule has 4 rings (SSSR count). The molecule has 126 valence electrons. The predicted octanol–water partition coefficient (Wildman–Crippen LogP) is 2.65. The average Bonchev–Trinajstić information content (AvgIpc) is 2.99. The van der Waals surface area contributed by atoms with Crippen LogP contribution in [0.2, 0.25) is 0 Å². The molecule has 2 saturated heterocycles. The number of hydrogen-bond acceptors (Lipinski definition) is 3. The lowest BCUT2D eigenvalue weighted by atomic mass is 9.96. The number of piperidine rings is 2. The summed E-state index contributed by atoms with van der Waals surface area (Å²) in [5, 5.41) is 3.53. The lowest BCUT2D eigenvalue weighted by Crippen LogP contribution is -2.47. The van der Waals surface area contributed by atoms with Crippen molar-refractivity contribution in [2.75, 3.05) is 44.2 Å². The first-order chi connectivity index (χ1) is 11.3. The summed E-state index contributed by atoms with van der Waals surface area (Å²) < 4.78 is 13.4. The third kappa shape index (κ3) is 3.38. The number of nitrogens with zero attached hydrogens (tertiary/aromatic N) is 2. The van der Waals surface area contributed by atoms with Crippen molar-refractivity contribution in [3.8, 4) is 0 Å². The molecule has 23 heavy (non-hydrogen) atoms. The van der Waals surface area contributed by atoms with E-state index in [2.05, 4.69) is 15.1 Å². The van der Waals surface area contributed by atoms with Crippen LogP contribution in [0.25, 0.3) is 0 Å². The summed E-state index contributed by atoms with van der Waals surface area (Å²) in [5.41, 5.74) is 2.47. The number of likely N-dealkylation sites (tertiary alicyclic amines) is 1. The molecular weight excluding hydrogens is 289 g/mol. The van der Waals surface area contributed by atoms with Gasteiger partial charge in [-0.1, -0.05) is 0 Å². The van der Waals surface area contributed by atoms with Crippen LogP contribution in [0.5, 0.6) is 0 Å². The maximum Gasteiger partial charge on any atom is 0.123 e. The molecule has 3 nitrogen and oxygen atoms in total. The molecule has 1 atom stereocenters. The number of rotatable bonds is 3. The third-order valence-corrected chi connectivity index (χ3v) is 5.89. The van der Waals surface area contributed by atoms with E-state index in [9.17, 15) is 4.39 Å². The Kier molecular flexibility index (Phi) is 4.54. The van der Waals surface area contributed by atoms with Gasteiger partial charge in [0, 0.05) is 37.9 Å². The molecule has 0 spiro atoms. The molecule has 3 aliphatic heterocycles. The van der Waals surface area contributed by atoms with Gasteiger partial charge in [0.25, 0.3) is 0 Å². The first kappa shape index (κ1) is 15.4. The van der Waals surface area contributed by atoms with E-state index in [0.717, 1.165) is 18.9 Å². The van der Waals surface area contributed by atoms with E-state index in [1.54, 1.807) is 12.1 Å². The van der Waals surface area contributed by atoms with Crippen LogP contribution in [-0.4, -0.2) is 50.2 Å². The molecular formula is C19H28FN3. The number of fused-ring (bicyclic) bond motifs is 1. The van der Waals surface area contributed by atoms with E-state index in [1.807, 2.05) is 6.07 Å². The SMILES string of the molecule is Fc1ccc2c(c1)CCN2C1CCN(CC2CCCNC2)CC1. The van der Waals surface area contributed by atoms with Crippen LogP contribution < -0.4 is 10.2 Å². The van der Waals surface area contributed by atoms with Crippen LogP contribution in [-0.2, 0) is 6.42 Å². The molecule has 0 radical (unpaired) electrons. The Morgan fingerprint density at radius 3 is 2.78 bits per heavy atom. The first-order valence-electron chi connectivity index (χ1n) is 9.28. The summed E-state index contributed by atoms with van der Waals surface area (Å²) in [7, 11) is 0. The molecule has 0 amide bonds. The highest BCUT2D eigenvalue weighted by atomic mass is 19.1. The van der Waals surface area contributed by atoms with Crippen molar-refractivity contribution >= 4 is 5.69 Å². The minimum atomic E-state index is -0.0958. The van der Waals surface area contributed by atoms with Crippen LogP contribution in [0.3, 0.4) is 0 Å². The molecule has 3 heterocycles. The second-order valence-electron chi connectivity index (χ2n) is 7.46. The van der Waals surface area contributed by atoms with E-state index in [4.69, 9.17) is 0 Å². The molecule has 0 bridgehead atoms. The van der Waals surface area contributed by atoms with Crippen LogP contribution in [0.4, 0.5) is 10.1 Å². The molecule has 0 aromatic heterocycles. The Morgan fingerprint density at radius 2 is 2.00 bits per heavy atom. The van der Waals surface area contributed by atoms with Gasteiger partial charge in [-0.2, -0.15) is 0 Å². The van der Waals surface area contributed by atoms with Gasteiger partial charge in [-0.05, 0) is 74.9 Å². The van der Waals surface area contributed by atoms with E-state index in [-0.39, 0.29) is 5.82 Å². The summed E-state index contributed by atoms with van der Waals surface area (Å²) in [5.74, 6) is 0.747.